The Kier molecular flexibility index (Phi) is 8.26. The van der Waals surface area contributed by atoms with E-state index < -0.39 is 6.04 Å². The Labute approximate surface area is 169 Å². The van der Waals surface area contributed by atoms with E-state index in [1.54, 1.807) is 25.1 Å². The Morgan fingerprint density at radius 1 is 1.21 bits per heavy atom. The molecule has 150 valence electrons. The van der Waals surface area contributed by atoms with Crippen molar-refractivity contribution in [1.82, 2.24) is 10.2 Å². The highest BCUT2D eigenvalue weighted by atomic mass is 35.5. The molecule has 0 aliphatic carbocycles. The summed E-state index contributed by atoms with van der Waals surface area (Å²) < 4.78 is 18.5. The molecule has 0 aliphatic heterocycles. The van der Waals surface area contributed by atoms with E-state index in [1.807, 2.05) is 13.0 Å². The Morgan fingerprint density at radius 3 is 2.57 bits per heavy atom. The van der Waals surface area contributed by atoms with Gasteiger partial charge in [-0.1, -0.05) is 30.7 Å². The van der Waals surface area contributed by atoms with Crippen molar-refractivity contribution in [2.45, 2.75) is 32.9 Å². The van der Waals surface area contributed by atoms with Crippen LogP contribution in [0.3, 0.4) is 0 Å². The van der Waals surface area contributed by atoms with E-state index in [1.165, 1.54) is 29.2 Å². The van der Waals surface area contributed by atoms with Crippen LogP contribution in [0.2, 0.25) is 5.02 Å². The van der Waals surface area contributed by atoms with Crippen molar-refractivity contribution in [2.75, 3.05) is 13.2 Å². The molecule has 0 saturated heterocycles. The number of nitrogens with zero attached hydrogens (tertiary/aromatic N) is 1. The number of carbonyl (C=O) groups excluding carboxylic acids is 2. The van der Waals surface area contributed by atoms with Crippen molar-refractivity contribution in [3.63, 3.8) is 0 Å². The van der Waals surface area contributed by atoms with Gasteiger partial charge in [-0.3, -0.25) is 9.59 Å². The van der Waals surface area contributed by atoms with Crippen LogP contribution >= 0.6 is 11.6 Å². The molecule has 0 radical (unpaired) electrons. The largest absolute Gasteiger partial charge is 0.484 e. The minimum absolute atomic E-state index is 0.215. The highest BCUT2D eigenvalue weighted by Crippen LogP contribution is 2.16. The van der Waals surface area contributed by atoms with Crippen molar-refractivity contribution in [1.29, 1.82) is 0 Å². The molecule has 0 fully saturated rings. The maximum absolute atomic E-state index is 13.0. The smallest absolute Gasteiger partial charge is 0.261 e. The topological polar surface area (TPSA) is 58.6 Å². The van der Waals surface area contributed by atoms with Gasteiger partial charge in [0.05, 0.1) is 0 Å². The first-order valence-electron chi connectivity index (χ1n) is 9.10. The van der Waals surface area contributed by atoms with Crippen molar-refractivity contribution in [2.24, 2.45) is 0 Å². The predicted octanol–water partition coefficient (Wildman–Crippen LogP) is 3.80. The molecule has 2 aromatic rings. The number of nitrogens with one attached hydrogen (secondary N) is 1. The van der Waals surface area contributed by atoms with Crippen LogP contribution in [-0.4, -0.2) is 35.9 Å². The van der Waals surface area contributed by atoms with Gasteiger partial charge in [0.1, 0.15) is 17.6 Å². The molecule has 0 aliphatic rings. The number of amides is 2. The second-order valence-electron chi connectivity index (χ2n) is 6.36. The van der Waals surface area contributed by atoms with Crippen LogP contribution < -0.4 is 10.1 Å². The fraction of sp³-hybridized carbons (Fsp3) is 0.333. The normalized spacial score (nSPS) is 11.6. The lowest BCUT2D eigenvalue weighted by Gasteiger charge is -2.28. The maximum atomic E-state index is 13.0. The van der Waals surface area contributed by atoms with Gasteiger partial charge in [-0.2, -0.15) is 0 Å². The zero-order valence-electron chi connectivity index (χ0n) is 16.0. The van der Waals surface area contributed by atoms with E-state index in [0.717, 1.165) is 12.0 Å². The lowest BCUT2D eigenvalue weighted by Crippen LogP contribution is -2.49. The summed E-state index contributed by atoms with van der Waals surface area (Å²) in [5.74, 6) is -0.606. The van der Waals surface area contributed by atoms with E-state index in [-0.39, 0.29) is 30.8 Å². The van der Waals surface area contributed by atoms with Gasteiger partial charge >= 0.3 is 0 Å². The summed E-state index contributed by atoms with van der Waals surface area (Å²) in [6.07, 6.45) is 0.800. The van der Waals surface area contributed by atoms with Gasteiger partial charge in [0.25, 0.3) is 5.91 Å². The molecule has 0 saturated carbocycles. The molecular formula is C21H24ClFN2O3. The summed E-state index contributed by atoms with van der Waals surface area (Å²) in [4.78, 5) is 26.7. The molecule has 2 rings (SSSR count). The number of rotatable bonds is 9. The standard InChI is InChI=1S/C21H24ClFN2O3/c1-3-11-24-21(27)15(2)25(13-16-5-4-6-17(22)12-16)20(26)14-28-19-9-7-18(23)8-10-19/h4-10,12,15H,3,11,13-14H2,1-2H3,(H,24,27)/t15-/m0/s1. The SMILES string of the molecule is CCCNC(=O)[C@H](C)N(Cc1cccc(Cl)c1)C(=O)COc1ccc(F)cc1. The average Bonchev–Trinajstić information content (AvgIpc) is 2.69. The van der Waals surface area contributed by atoms with E-state index in [9.17, 15) is 14.0 Å². The Bertz CT molecular complexity index is 798. The number of hydrogen-bond donors (Lipinski definition) is 1. The molecule has 28 heavy (non-hydrogen) atoms. The van der Waals surface area contributed by atoms with E-state index in [4.69, 9.17) is 16.3 Å². The lowest BCUT2D eigenvalue weighted by molar-refractivity contribution is -0.142. The third-order valence-corrected chi connectivity index (χ3v) is 4.37. The highest BCUT2D eigenvalue weighted by molar-refractivity contribution is 6.30. The zero-order valence-corrected chi connectivity index (χ0v) is 16.7. The molecule has 1 atom stereocenters. The fourth-order valence-corrected chi connectivity index (χ4v) is 2.78. The second kappa shape index (κ2) is 10.7. The minimum Gasteiger partial charge on any atom is -0.484 e. The summed E-state index contributed by atoms with van der Waals surface area (Å²) in [5, 5.41) is 3.35. The van der Waals surface area contributed by atoms with Crippen LogP contribution in [0, 0.1) is 5.82 Å². The van der Waals surface area contributed by atoms with Gasteiger partial charge < -0.3 is 15.0 Å². The Hall–Kier alpha value is -2.60. The Balaban J connectivity index is 2.12. The van der Waals surface area contributed by atoms with Gasteiger partial charge in [0, 0.05) is 18.1 Å². The molecule has 0 spiro atoms. The third kappa shape index (κ3) is 6.53. The highest BCUT2D eigenvalue weighted by Gasteiger charge is 2.26. The lowest BCUT2D eigenvalue weighted by atomic mass is 10.1. The van der Waals surface area contributed by atoms with Gasteiger partial charge in [-0.25, -0.2) is 4.39 Å². The first kappa shape index (κ1) is 21.7. The monoisotopic (exact) mass is 406 g/mol. The van der Waals surface area contributed by atoms with Crippen molar-refractivity contribution in [3.05, 3.63) is 64.9 Å². The zero-order chi connectivity index (χ0) is 20.5. The second-order valence-corrected chi connectivity index (χ2v) is 6.80. The van der Waals surface area contributed by atoms with Crippen molar-refractivity contribution in [3.8, 4) is 5.75 Å². The molecule has 2 amide bonds. The number of carbonyl (C=O) groups is 2. The number of ether oxygens (including phenoxy) is 1. The molecule has 0 heterocycles. The molecular weight excluding hydrogens is 383 g/mol. The number of halogens is 2. The molecule has 0 aromatic heterocycles. The van der Waals surface area contributed by atoms with Gasteiger partial charge in [0.15, 0.2) is 6.61 Å². The summed E-state index contributed by atoms with van der Waals surface area (Å²) >= 11 is 6.03. The molecule has 2 aromatic carbocycles. The van der Waals surface area contributed by atoms with Crippen LogP contribution in [0.5, 0.6) is 5.75 Å². The predicted molar refractivity (Wildman–Crippen MR) is 107 cm³/mol. The molecule has 7 heteroatoms. The van der Waals surface area contributed by atoms with Crippen LogP contribution in [0.25, 0.3) is 0 Å². The van der Waals surface area contributed by atoms with E-state index in [2.05, 4.69) is 5.32 Å². The maximum Gasteiger partial charge on any atom is 0.261 e. The number of benzene rings is 2. The van der Waals surface area contributed by atoms with Crippen molar-refractivity contribution < 1.29 is 18.7 Å². The molecule has 0 bridgehead atoms. The van der Waals surface area contributed by atoms with Crippen molar-refractivity contribution >= 4 is 23.4 Å². The molecule has 5 nitrogen and oxygen atoms in total. The van der Waals surface area contributed by atoms with Gasteiger partial charge in [0.2, 0.25) is 5.91 Å². The molecule has 1 N–H and O–H groups in total. The summed E-state index contributed by atoms with van der Waals surface area (Å²) in [6.45, 7) is 4.11. The van der Waals surface area contributed by atoms with Crippen LogP contribution in [0.1, 0.15) is 25.8 Å². The minimum atomic E-state index is -0.685. The van der Waals surface area contributed by atoms with Gasteiger partial charge in [-0.15, -0.1) is 0 Å². The average molecular weight is 407 g/mol. The van der Waals surface area contributed by atoms with Gasteiger partial charge in [-0.05, 0) is 55.3 Å². The summed E-state index contributed by atoms with van der Waals surface area (Å²) in [7, 11) is 0. The van der Waals surface area contributed by atoms with Crippen LogP contribution in [-0.2, 0) is 16.1 Å². The quantitative estimate of drug-likeness (QED) is 0.689. The van der Waals surface area contributed by atoms with E-state index >= 15 is 0 Å². The van der Waals surface area contributed by atoms with E-state index in [0.29, 0.717) is 17.3 Å². The first-order chi connectivity index (χ1) is 13.4. The fourth-order valence-electron chi connectivity index (χ4n) is 2.57. The Morgan fingerprint density at radius 2 is 1.93 bits per heavy atom. The third-order valence-electron chi connectivity index (χ3n) is 4.13. The summed E-state index contributed by atoms with van der Waals surface area (Å²) in [6, 6.07) is 11.8. The van der Waals surface area contributed by atoms with Crippen LogP contribution in [0.15, 0.2) is 48.5 Å². The van der Waals surface area contributed by atoms with Crippen LogP contribution in [0.4, 0.5) is 4.39 Å². The summed E-state index contributed by atoms with van der Waals surface area (Å²) in [5.41, 5.74) is 0.803. The first-order valence-corrected chi connectivity index (χ1v) is 9.48. The number of hydrogen-bond acceptors (Lipinski definition) is 3. The molecule has 0 unspecified atom stereocenters.